The molecule has 0 amide bonds. The van der Waals surface area contributed by atoms with E-state index < -0.39 is 5.97 Å². The van der Waals surface area contributed by atoms with E-state index in [9.17, 15) is 4.79 Å². The zero-order valence-electron chi connectivity index (χ0n) is 6.94. The van der Waals surface area contributed by atoms with Crippen molar-refractivity contribution in [3.05, 3.63) is 17.7 Å². The Balaban J connectivity index is 2.96. The van der Waals surface area contributed by atoms with Crippen LogP contribution in [0.3, 0.4) is 0 Å². The molecular weight excluding hydrogens is 160 g/mol. The number of carboxylic acid groups (broad SMARTS) is 1. The summed E-state index contributed by atoms with van der Waals surface area (Å²) in [6.07, 6.45) is 1.32. The summed E-state index contributed by atoms with van der Waals surface area (Å²) in [7, 11) is 3.18. The summed E-state index contributed by atoms with van der Waals surface area (Å²) >= 11 is 0. The molecule has 66 valence electrons. The van der Waals surface area contributed by atoms with E-state index in [0.717, 1.165) is 0 Å². The standard InChI is InChI=1S/C7H10N2O3/c1-9-5(7(10)11)3-8-6(9)4-12-2/h3H,4H2,1-2H3,(H,10,11). The minimum absolute atomic E-state index is 0.169. The number of hydrogen-bond acceptors (Lipinski definition) is 3. The molecule has 1 N–H and O–H groups in total. The van der Waals surface area contributed by atoms with Crippen molar-refractivity contribution in [2.75, 3.05) is 7.11 Å². The second-order valence-electron chi connectivity index (χ2n) is 2.36. The molecule has 0 saturated heterocycles. The van der Waals surface area contributed by atoms with E-state index in [-0.39, 0.29) is 5.69 Å². The molecule has 5 heteroatoms. The first-order chi connectivity index (χ1) is 5.66. The highest BCUT2D eigenvalue weighted by Gasteiger charge is 2.11. The maximum atomic E-state index is 10.5. The van der Waals surface area contributed by atoms with Crippen LogP contribution < -0.4 is 0 Å². The van der Waals surface area contributed by atoms with Gasteiger partial charge in [-0.2, -0.15) is 0 Å². The summed E-state index contributed by atoms with van der Waals surface area (Å²) < 4.78 is 6.32. The molecule has 0 atom stereocenters. The van der Waals surface area contributed by atoms with Crippen LogP contribution in [0.5, 0.6) is 0 Å². The van der Waals surface area contributed by atoms with Gasteiger partial charge in [0.1, 0.15) is 18.1 Å². The molecule has 0 saturated carbocycles. The van der Waals surface area contributed by atoms with Gasteiger partial charge in [-0.05, 0) is 0 Å². The molecule has 0 radical (unpaired) electrons. The number of nitrogens with zero attached hydrogens (tertiary/aromatic N) is 2. The Labute approximate surface area is 69.6 Å². The first-order valence-corrected chi connectivity index (χ1v) is 3.39. The number of carbonyl (C=O) groups is 1. The van der Waals surface area contributed by atoms with Crippen molar-refractivity contribution in [3.63, 3.8) is 0 Å². The van der Waals surface area contributed by atoms with E-state index in [1.165, 1.54) is 17.9 Å². The lowest BCUT2D eigenvalue weighted by Crippen LogP contribution is -2.07. The predicted molar refractivity (Wildman–Crippen MR) is 40.9 cm³/mol. The van der Waals surface area contributed by atoms with Crippen LogP contribution in [-0.4, -0.2) is 27.7 Å². The fourth-order valence-corrected chi connectivity index (χ4v) is 0.910. The van der Waals surface area contributed by atoms with E-state index in [1.54, 1.807) is 7.05 Å². The Kier molecular flexibility index (Phi) is 2.44. The summed E-state index contributed by atoms with van der Waals surface area (Å²) in [5.74, 6) is -0.373. The molecule has 5 nitrogen and oxygen atoms in total. The van der Waals surface area contributed by atoms with E-state index in [1.807, 2.05) is 0 Å². The average molecular weight is 170 g/mol. The highest BCUT2D eigenvalue weighted by molar-refractivity contribution is 5.85. The monoisotopic (exact) mass is 170 g/mol. The molecule has 1 aromatic rings. The second kappa shape index (κ2) is 3.36. The number of methoxy groups -OCH3 is 1. The largest absolute Gasteiger partial charge is 0.477 e. The third-order valence-electron chi connectivity index (χ3n) is 1.58. The maximum Gasteiger partial charge on any atom is 0.354 e. The van der Waals surface area contributed by atoms with E-state index >= 15 is 0 Å². The van der Waals surface area contributed by atoms with Crippen LogP contribution in [0, 0.1) is 0 Å². The fraction of sp³-hybridized carbons (Fsp3) is 0.429. The first kappa shape index (κ1) is 8.73. The van der Waals surface area contributed by atoms with Crippen molar-refractivity contribution in [2.45, 2.75) is 6.61 Å². The van der Waals surface area contributed by atoms with Crippen LogP contribution in [0.2, 0.25) is 0 Å². The Morgan fingerprint density at radius 2 is 2.50 bits per heavy atom. The molecule has 1 heterocycles. The number of hydrogen-bond donors (Lipinski definition) is 1. The van der Waals surface area contributed by atoms with Gasteiger partial charge in [-0.1, -0.05) is 0 Å². The van der Waals surface area contributed by atoms with Crippen LogP contribution in [0.15, 0.2) is 6.20 Å². The van der Waals surface area contributed by atoms with Crippen LogP contribution >= 0.6 is 0 Å². The Morgan fingerprint density at radius 3 is 2.92 bits per heavy atom. The number of ether oxygens (including phenoxy) is 1. The van der Waals surface area contributed by atoms with Gasteiger partial charge in [0, 0.05) is 14.2 Å². The van der Waals surface area contributed by atoms with Crippen molar-refractivity contribution in [1.82, 2.24) is 9.55 Å². The quantitative estimate of drug-likeness (QED) is 0.706. The highest BCUT2D eigenvalue weighted by Crippen LogP contribution is 2.03. The molecule has 0 fully saturated rings. The van der Waals surface area contributed by atoms with Gasteiger partial charge in [-0.25, -0.2) is 9.78 Å². The predicted octanol–water partition coefficient (Wildman–Crippen LogP) is 0.265. The third kappa shape index (κ3) is 1.45. The summed E-state index contributed by atoms with van der Waals surface area (Å²) in [4.78, 5) is 14.4. The van der Waals surface area contributed by atoms with Crippen molar-refractivity contribution in [1.29, 1.82) is 0 Å². The van der Waals surface area contributed by atoms with Crippen molar-refractivity contribution < 1.29 is 14.6 Å². The fourth-order valence-electron chi connectivity index (χ4n) is 0.910. The summed E-state index contributed by atoms with van der Waals surface area (Å²) in [5, 5.41) is 8.65. The number of carboxylic acids is 1. The molecule has 0 unspecified atom stereocenters. The average Bonchev–Trinajstić information content (AvgIpc) is 2.34. The lowest BCUT2D eigenvalue weighted by molar-refractivity contribution is 0.0685. The van der Waals surface area contributed by atoms with Crippen LogP contribution in [0.1, 0.15) is 16.3 Å². The van der Waals surface area contributed by atoms with Gasteiger partial charge >= 0.3 is 5.97 Å². The second-order valence-corrected chi connectivity index (χ2v) is 2.36. The van der Waals surface area contributed by atoms with Crippen LogP contribution in [-0.2, 0) is 18.4 Å². The number of rotatable bonds is 3. The van der Waals surface area contributed by atoms with Crippen molar-refractivity contribution in [3.8, 4) is 0 Å². The lowest BCUT2D eigenvalue weighted by atomic mass is 10.5. The summed E-state index contributed by atoms with van der Waals surface area (Å²) in [6, 6.07) is 0. The SMILES string of the molecule is COCc1ncc(C(=O)O)n1C. The molecule has 1 rings (SSSR count). The molecule has 12 heavy (non-hydrogen) atoms. The normalized spacial score (nSPS) is 10.2. The lowest BCUT2D eigenvalue weighted by Gasteiger charge is -2.00. The molecule has 0 spiro atoms. The number of aromatic nitrogens is 2. The molecule has 0 aromatic carbocycles. The Hall–Kier alpha value is -1.36. The van der Waals surface area contributed by atoms with Gasteiger partial charge in [-0.15, -0.1) is 0 Å². The first-order valence-electron chi connectivity index (χ1n) is 3.39. The van der Waals surface area contributed by atoms with Gasteiger partial charge in [0.2, 0.25) is 0 Å². The van der Waals surface area contributed by atoms with Crippen molar-refractivity contribution >= 4 is 5.97 Å². The minimum atomic E-state index is -0.979. The smallest absolute Gasteiger partial charge is 0.354 e. The van der Waals surface area contributed by atoms with Gasteiger partial charge in [0.05, 0.1) is 6.20 Å². The zero-order valence-corrected chi connectivity index (χ0v) is 6.94. The van der Waals surface area contributed by atoms with E-state index in [4.69, 9.17) is 9.84 Å². The Morgan fingerprint density at radius 1 is 1.83 bits per heavy atom. The summed E-state index contributed by atoms with van der Waals surface area (Å²) in [5.41, 5.74) is 0.169. The number of imidazole rings is 1. The molecule has 0 aliphatic rings. The topological polar surface area (TPSA) is 64.3 Å². The van der Waals surface area contributed by atoms with Gasteiger partial charge in [0.25, 0.3) is 0 Å². The van der Waals surface area contributed by atoms with Crippen LogP contribution in [0.25, 0.3) is 0 Å². The summed E-state index contributed by atoms with van der Waals surface area (Å²) in [6.45, 7) is 0.323. The van der Waals surface area contributed by atoms with Gasteiger partial charge < -0.3 is 14.4 Å². The molecule has 0 bridgehead atoms. The zero-order chi connectivity index (χ0) is 9.14. The van der Waals surface area contributed by atoms with Gasteiger partial charge in [-0.3, -0.25) is 0 Å². The number of aromatic carboxylic acids is 1. The molecule has 0 aliphatic carbocycles. The van der Waals surface area contributed by atoms with E-state index in [0.29, 0.717) is 12.4 Å². The molecule has 0 aliphatic heterocycles. The van der Waals surface area contributed by atoms with Crippen molar-refractivity contribution in [2.24, 2.45) is 7.05 Å². The van der Waals surface area contributed by atoms with Gasteiger partial charge in [0.15, 0.2) is 0 Å². The van der Waals surface area contributed by atoms with Crippen LogP contribution in [0.4, 0.5) is 0 Å². The third-order valence-corrected chi connectivity index (χ3v) is 1.58. The minimum Gasteiger partial charge on any atom is -0.477 e. The Bertz CT molecular complexity index is 293. The highest BCUT2D eigenvalue weighted by atomic mass is 16.5. The molecule has 1 aromatic heterocycles. The molecular formula is C7H10N2O3. The maximum absolute atomic E-state index is 10.5. The van der Waals surface area contributed by atoms with E-state index in [2.05, 4.69) is 4.98 Å².